The molecule has 1 N–H and O–H groups in total. The predicted octanol–water partition coefficient (Wildman–Crippen LogP) is 3.35. The van der Waals surface area contributed by atoms with E-state index in [1.807, 2.05) is 0 Å². The van der Waals surface area contributed by atoms with Gasteiger partial charge in [-0.2, -0.15) is 13.2 Å². The van der Waals surface area contributed by atoms with Crippen LogP contribution in [0.25, 0.3) is 0 Å². The molecular formula is C14H24F3NO3. The zero-order valence-corrected chi connectivity index (χ0v) is 12.8. The number of esters is 1. The predicted molar refractivity (Wildman–Crippen MR) is 72.6 cm³/mol. The third-order valence-electron chi connectivity index (χ3n) is 2.84. The number of amides is 1. The maximum Gasteiger partial charge on any atom is 0.422 e. The fourth-order valence-corrected chi connectivity index (χ4v) is 1.68. The Bertz CT molecular complexity index is 341. The van der Waals surface area contributed by atoms with Crippen LogP contribution in [0.2, 0.25) is 0 Å². The van der Waals surface area contributed by atoms with Gasteiger partial charge < -0.3 is 10.1 Å². The highest BCUT2D eigenvalue weighted by atomic mass is 19.4. The fraction of sp³-hybridized carbons (Fsp3) is 0.857. The minimum absolute atomic E-state index is 0.250. The molecule has 0 atom stereocenters. The molecule has 0 heterocycles. The number of halogens is 3. The maximum absolute atomic E-state index is 12.0. The summed E-state index contributed by atoms with van der Waals surface area (Å²) in [6.45, 7) is 3.07. The lowest BCUT2D eigenvalue weighted by atomic mass is 10.0. The van der Waals surface area contributed by atoms with Gasteiger partial charge in [0.25, 0.3) is 0 Å². The second-order valence-corrected chi connectivity index (χ2v) is 5.53. The van der Waals surface area contributed by atoms with Crippen LogP contribution in [0.4, 0.5) is 13.2 Å². The molecule has 21 heavy (non-hydrogen) atoms. The lowest BCUT2D eigenvalue weighted by molar-refractivity contribution is -0.190. The highest BCUT2D eigenvalue weighted by Gasteiger charge is 2.35. The molecule has 7 heteroatoms. The largest absolute Gasteiger partial charge is 0.454 e. The Kier molecular flexibility index (Phi) is 8.36. The zero-order chi connectivity index (χ0) is 16.5. The van der Waals surface area contributed by atoms with E-state index in [9.17, 15) is 22.8 Å². The molecule has 1 amide bonds. The molecule has 0 aliphatic carbocycles. The van der Waals surface area contributed by atoms with E-state index in [0.717, 1.165) is 25.7 Å². The van der Waals surface area contributed by atoms with Crippen molar-refractivity contribution in [3.63, 3.8) is 0 Å². The van der Waals surface area contributed by atoms with Gasteiger partial charge in [0.1, 0.15) is 5.54 Å². The van der Waals surface area contributed by atoms with Crippen molar-refractivity contribution in [1.82, 2.24) is 5.32 Å². The van der Waals surface area contributed by atoms with Gasteiger partial charge in [0, 0.05) is 6.42 Å². The molecule has 0 aliphatic heterocycles. The second kappa shape index (κ2) is 8.89. The molecule has 0 rings (SSSR count). The summed E-state index contributed by atoms with van der Waals surface area (Å²) < 4.78 is 40.1. The van der Waals surface area contributed by atoms with Crippen LogP contribution in [-0.4, -0.2) is 30.2 Å². The van der Waals surface area contributed by atoms with E-state index in [2.05, 4.69) is 17.0 Å². The van der Waals surface area contributed by atoms with Crippen LogP contribution in [-0.2, 0) is 14.3 Å². The summed E-state index contributed by atoms with van der Waals surface area (Å²) in [6, 6.07) is 0. The number of hydrogen-bond donors (Lipinski definition) is 1. The summed E-state index contributed by atoms with van der Waals surface area (Å²) in [4.78, 5) is 23.2. The number of unbranched alkanes of at least 4 members (excludes halogenated alkanes) is 4. The van der Waals surface area contributed by atoms with E-state index in [1.54, 1.807) is 0 Å². The molecule has 4 nitrogen and oxygen atoms in total. The van der Waals surface area contributed by atoms with Crippen LogP contribution < -0.4 is 5.32 Å². The van der Waals surface area contributed by atoms with E-state index in [0.29, 0.717) is 6.42 Å². The zero-order valence-electron chi connectivity index (χ0n) is 12.8. The van der Waals surface area contributed by atoms with Crippen molar-refractivity contribution in [2.24, 2.45) is 0 Å². The Balaban J connectivity index is 4.08. The molecule has 0 radical (unpaired) electrons. The molecule has 0 bridgehead atoms. The van der Waals surface area contributed by atoms with Crippen molar-refractivity contribution in [2.75, 3.05) is 6.61 Å². The number of carbonyl (C=O) groups excluding carboxylic acids is 2. The van der Waals surface area contributed by atoms with Gasteiger partial charge in [0.15, 0.2) is 6.61 Å². The Morgan fingerprint density at radius 3 is 2.14 bits per heavy atom. The van der Waals surface area contributed by atoms with E-state index in [1.165, 1.54) is 13.8 Å². The average molecular weight is 311 g/mol. The number of carbonyl (C=O) groups is 2. The number of hydrogen-bond acceptors (Lipinski definition) is 3. The first kappa shape index (κ1) is 19.7. The van der Waals surface area contributed by atoms with E-state index >= 15 is 0 Å². The topological polar surface area (TPSA) is 55.4 Å². The molecule has 0 fully saturated rings. The van der Waals surface area contributed by atoms with Crippen LogP contribution >= 0.6 is 0 Å². The van der Waals surface area contributed by atoms with Gasteiger partial charge >= 0.3 is 12.1 Å². The molecule has 0 saturated heterocycles. The van der Waals surface area contributed by atoms with E-state index < -0.39 is 24.3 Å². The van der Waals surface area contributed by atoms with Crippen molar-refractivity contribution in [1.29, 1.82) is 0 Å². The van der Waals surface area contributed by atoms with Gasteiger partial charge in [0.05, 0.1) is 0 Å². The molecule has 124 valence electrons. The highest BCUT2D eigenvalue weighted by molar-refractivity contribution is 5.87. The first-order chi connectivity index (χ1) is 9.58. The summed E-state index contributed by atoms with van der Waals surface area (Å²) in [5.74, 6) is -1.46. The molecule has 0 aromatic heterocycles. The van der Waals surface area contributed by atoms with Gasteiger partial charge in [0.2, 0.25) is 5.91 Å². The lowest BCUT2D eigenvalue weighted by Gasteiger charge is -2.24. The minimum Gasteiger partial charge on any atom is -0.454 e. The SMILES string of the molecule is CCCCCCCC(=O)NC(C)(C)C(=O)OCC(F)(F)F. The van der Waals surface area contributed by atoms with Crippen molar-refractivity contribution >= 4 is 11.9 Å². The average Bonchev–Trinajstić information content (AvgIpc) is 2.34. The van der Waals surface area contributed by atoms with Crippen LogP contribution in [0, 0.1) is 0 Å². The smallest absolute Gasteiger partial charge is 0.422 e. The van der Waals surface area contributed by atoms with Gasteiger partial charge in [-0.1, -0.05) is 32.6 Å². The highest BCUT2D eigenvalue weighted by Crippen LogP contribution is 2.16. The molecule has 0 unspecified atom stereocenters. The Morgan fingerprint density at radius 2 is 1.62 bits per heavy atom. The van der Waals surface area contributed by atoms with Crippen LogP contribution in [0.3, 0.4) is 0 Å². The standard InChI is InChI=1S/C14H24F3NO3/c1-4-5-6-7-8-9-11(19)18-13(2,3)12(20)21-10-14(15,16)17/h4-10H2,1-3H3,(H,18,19). The number of alkyl halides is 3. The van der Waals surface area contributed by atoms with E-state index in [-0.39, 0.29) is 12.3 Å². The van der Waals surface area contributed by atoms with Crippen molar-refractivity contribution in [2.45, 2.75) is 71.0 Å². The summed E-state index contributed by atoms with van der Waals surface area (Å²) in [5, 5.41) is 2.40. The lowest BCUT2D eigenvalue weighted by Crippen LogP contribution is -2.51. The van der Waals surface area contributed by atoms with Crippen molar-refractivity contribution in [3.05, 3.63) is 0 Å². The number of nitrogens with one attached hydrogen (secondary N) is 1. The van der Waals surface area contributed by atoms with Gasteiger partial charge in [-0.25, -0.2) is 4.79 Å². The molecule has 0 aliphatic rings. The Hall–Kier alpha value is -1.27. The Labute approximate surface area is 123 Å². The second-order valence-electron chi connectivity index (χ2n) is 5.53. The summed E-state index contributed by atoms with van der Waals surface area (Å²) in [7, 11) is 0. The minimum atomic E-state index is -4.57. The molecule has 0 saturated carbocycles. The first-order valence-corrected chi connectivity index (χ1v) is 7.13. The normalized spacial score (nSPS) is 12.1. The third kappa shape index (κ3) is 10.1. The number of ether oxygens (including phenoxy) is 1. The first-order valence-electron chi connectivity index (χ1n) is 7.13. The number of rotatable bonds is 9. The van der Waals surface area contributed by atoms with Crippen LogP contribution in [0.1, 0.15) is 59.3 Å². The van der Waals surface area contributed by atoms with Crippen LogP contribution in [0.5, 0.6) is 0 Å². The Morgan fingerprint density at radius 1 is 1.05 bits per heavy atom. The summed E-state index contributed by atoms with van der Waals surface area (Å²) >= 11 is 0. The monoisotopic (exact) mass is 311 g/mol. The van der Waals surface area contributed by atoms with Gasteiger partial charge in [-0.05, 0) is 20.3 Å². The van der Waals surface area contributed by atoms with E-state index in [4.69, 9.17) is 0 Å². The van der Waals surface area contributed by atoms with Crippen LogP contribution in [0.15, 0.2) is 0 Å². The maximum atomic E-state index is 12.0. The fourth-order valence-electron chi connectivity index (χ4n) is 1.68. The molecule has 0 aromatic carbocycles. The molecule has 0 spiro atoms. The van der Waals surface area contributed by atoms with Gasteiger partial charge in [-0.3, -0.25) is 4.79 Å². The third-order valence-corrected chi connectivity index (χ3v) is 2.84. The van der Waals surface area contributed by atoms with Gasteiger partial charge in [-0.15, -0.1) is 0 Å². The molecule has 0 aromatic rings. The quantitative estimate of drug-likeness (QED) is 0.525. The van der Waals surface area contributed by atoms with Crippen molar-refractivity contribution in [3.8, 4) is 0 Å². The summed E-state index contributed by atoms with van der Waals surface area (Å²) in [6.07, 6.45) is 0.538. The van der Waals surface area contributed by atoms with Crippen molar-refractivity contribution < 1.29 is 27.5 Å². The summed E-state index contributed by atoms with van der Waals surface area (Å²) in [5.41, 5.74) is -1.47. The molecular weight excluding hydrogens is 287 g/mol.